The molecular formula is C35H31N3O3. The molecule has 1 aliphatic rings. The molecular weight excluding hydrogens is 510 g/mol. The van der Waals surface area contributed by atoms with Crippen LogP contribution in [0.1, 0.15) is 39.5 Å². The van der Waals surface area contributed by atoms with Crippen molar-refractivity contribution in [2.75, 3.05) is 19.7 Å². The Morgan fingerprint density at radius 1 is 0.854 bits per heavy atom. The van der Waals surface area contributed by atoms with E-state index in [2.05, 4.69) is 83.6 Å². The molecule has 0 bridgehead atoms. The first-order valence-electron chi connectivity index (χ1n) is 13.9. The lowest BCUT2D eigenvalue weighted by Crippen LogP contribution is -2.41. The molecule has 0 spiro atoms. The first-order valence-corrected chi connectivity index (χ1v) is 13.9. The van der Waals surface area contributed by atoms with Crippen LogP contribution in [0.3, 0.4) is 0 Å². The van der Waals surface area contributed by atoms with Crippen LogP contribution in [0.2, 0.25) is 0 Å². The number of carbonyl (C=O) groups is 2. The van der Waals surface area contributed by atoms with Crippen molar-refractivity contribution in [1.29, 1.82) is 0 Å². The summed E-state index contributed by atoms with van der Waals surface area (Å²) in [6.45, 7) is 2.50. The van der Waals surface area contributed by atoms with Crippen molar-refractivity contribution >= 4 is 11.9 Å². The largest absolute Gasteiger partial charge is 0.465 e. The van der Waals surface area contributed by atoms with Gasteiger partial charge in [-0.15, -0.1) is 0 Å². The number of aromatic nitrogens is 2. The van der Waals surface area contributed by atoms with E-state index in [9.17, 15) is 9.59 Å². The predicted molar refractivity (Wildman–Crippen MR) is 159 cm³/mol. The lowest BCUT2D eigenvalue weighted by atomic mass is 9.77. The van der Waals surface area contributed by atoms with Crippen molar-refractivity contribution in [3.8, 4) is 11.3 Å². The lowest BCUT2D eigenvalue weighted by Gasteiger charge is -2.37. The number of amides is 1. The molecule has 0 atom stereocenters. The van der Waals surface area contributed by atoms with E-state index in [1.807, 2.05) is 42.7 Å². The molecule has 0 unspecified atom stereocenters. The number of imidazole rings is 1. The van der Waals surface area contributed by atoms with Gasteiger partial charge in [0, 0.05) is 23.9 Å². The molecule has 0 aliphatic carbocycles. The normalized spacial score (nSPS) is 13.1. The summed E-state index contributed by atoms with van der Waals surface area (Å²) in [6, 6.07) is 37.3. The number of hydrogen-bond donors (Lipinski definition) is 0. The van der Waals surface area contributed by atoms with Gasteiger partial charge < -0.3 is 14.2 Å². The fourth-order valence-corrected chi connectivity index (χ4v) is 5.83. The molecule has 41 heavy (non-hydrogen) atoms. The maximum absolute atomic E-state index is 13.4. The molecule has 1 amide bonds. The van der Waals surface area contributed by atoms with Crippen molar-refractivity contribution < 1.29 is 14.3 Å². The van der Waals surface area contributed by atoms with Gasteiger partial charge in [0.1, 0.15) is 12.1 Å². The molecule has 0 saturated carbocycles. The van der Waals surface area contributed by atoms with Gasteiger partial charge in [0.25, 0.3) is 5.91 Å². The Hall–Kier alpha value is -4.97. The van der Waals surface area contributed by atoms with Crippen LogP contribution in [0.15, 0.2) is 122 Å². The van der Waals surface area contributed by atoms with E-state index in [0.717, 1.165) is 33.5 Å². The van der Waals surface area contributed by atoms with Gasteiger partial charge in [0.2, 0.25) is 0 Å². The molecule has 1 aromatic heterocycles. The van der Waals surface area contributed by atoms with Crippen LogP contribution in [0, 0.1) is 0 Å². The average Bonchev–Trinajstić information content (AvgIpc) is 3.51. The summed E-state index contributed by atoms with van der Waals surface area (Å²) >= 11 is 0. The molecule has 0 N–H and O–H groups in total. The van der Waals surface area contributed by atoms with Gasteiger partial charge in [0.05, 0.1) is 18.6 Å². The zero-order valence-electron chi connectivity index (χ0n) is 22.9. The van der Waals surface area contributed by atoms with Crippen LogP contribution in [-0.2, 0) is 21.5 Å². The van der Waals surface area contributed by atoms with E-state index in [0.29, 0.717) is 25.1 Å². The third kappa shape index (κ3) is 4.82. The molecule has 0 radical (unpaired) electrons. The second kappa shape index (κ2) is 11.3. The molecule has 4 aromatic carbocycles. The fraction of sp³-hybridized carbons (Fsp3) is 0.171. The number of fused-ring (bicyclic) bond motifs is 1. The molecule has 5 aromatic rings. The Morgan fingerprint density at radius 3 is 2.00 bits per heavy atom. The van der Waals surface area contributed by atoms with Crippen LogP contribution in [0.4, 0.5) is 0 Å². The van der Waals surface area contributed by atoms with Crippen LogP contribution >= 0.6 is 0 Å². The fourth-order valence-electron chi connectivity index (χ4n) is 5.83. The molecule has 6 nitrogen and oxygen atoms in total. The Morgan fingerprint density at radius 2 is 1.44 bits per heavy atom. The van der Waals surface area contributed by atoms with Gasteiger partial charge in [-0.1, -0.05) is 103 Å². The van der Waals surface area contributed by atoms with Gasteiger partial charge in [-0.2, -0.15) is 0 Å². The van der Waals surface area contributed by atoms with E-state index >= 15 is 0 Å². The number of ether oxygens (including phenoxy) is 1. The molecule has 204 valence electrons. The van der Waals surface area contributed by atoms with E-state index in [1.165, 1.54) is 0 Å². The standard InChI is InChI=1S/C35H31N3O3/c1-2-41-33(39)24-37-21-20-26-18-19-27(22-31(26)34(37)40)32-23-38(25-36-32)35(28-12-6-3-7-13-28,29-14-8-4-9-15-29)30-16-10-5-11-17-30/h3-19,22-23,25H,2,20-21,24H2,1H3. The molecule has 0 fully saturated rings. The van der Waals surface area contributed by atoms with Crippen LogP contribution in [-0.4, -0.2) is 46.0 Å². The minimum absolute atomic E-state index is 0.0429. The van der Waals surface area contributed by atoms with Gasteiger partial charge in [0.15, 0.2) is 0 Å². The SMILES string of the molecule is CCOC(=O)CN1CCc2ccc(-c3cn(C(c4ccccc4)(c4ccccc4)c4ccccc4)cn3)cc2C1=O. The summed E-state index contributed by atoms with van der Waals surface area (Å²) < 4.78 is 7.24. The Bertz CT molecular complexity index is 1570. The van der Waals surface area contributed by atoms with Gasteiger partial charge >= 0.3 is 5.97 Å². The maximum Gasteiger partial charge on any atom is 0.325 e. The van der Waals surface area contributed by atoms with Crippen molar-refractivity contribution in [3.63, 3.8) is 0 Å². The number of nitrogens with zero attached hydrogens (tertiary/aromatic N) is 3. The van der Waals surface area contributed by atoms with Crippen LogP contribution < -0.4 is 0 Å². The Balaban J connectivity index is 1.45. The third-order valence-electron chi connectivity index (χ3n) is 7.74. The molecule has 2 heterocycles. The summed E-state index contributed by atoms with van der Waals surface area (Å²) in [6.07, 6.45) is 4.61. The molecule has 6 rings (SSSR count). The number of rotatable bonds is 8. The second-order valence-corrected chi connectivity index (χ2v) is 10.1. The lowest BCUT2D eigenvalue weighted by molar-refractivity contribution is -0.143. The number of hydrogen-bond acceptors (Lipinski definition) is 4. The Kier molecular flexibility index (Phi) is 7.21. The van der Waals surface area contributed by atoms with Crippen molar-refractivity contribution in [1.82, 2.24) is 14.5 Å². The summed E-state index contributed by atoms with van der Waals surface area (Å²) in [4.78, 5) is 31.9. The maximum atomic E-state index is 13.4. The highest BCUT2D eigenvalue weighted by molar-refractivity contribution is 5.99. The Labute approximate surface area is 239 Å². The average molecular weight is 542 g/mol. The first-order chi connectivity index (χ1) is 20.1. The summed E-state index contributed by atoms with van der Waals surface area (Å²) in [7, 11) is 0. The second-order valence-electron chi connectivity index (χ2n) is 10.1. The molecule has 0 saturated heterocycles. The minimum atomic E-state index is -0.671. The summed E-state index contributed by atoms with van der Waals surface area (Å²) in [5.74, 6) is -0.550. The van der Waals surface area contributed by atoms with E-state index in [-0.39, 0.29) is 12.5 Å². The number of esters is 1. The highest BCUT2D eigenvalue weighted by atomic mass is 16.5. The van der Waals surface area contributed by atoms with Crippen molar-refractivity contribution in [2.24, 2.45) is 0 Å². The van der Waals surface area contributed by atoms with Gasteiger partial charge in [-0.3, -0.25) is 9.59 Å². The zero-order valence-corrected chi connectivity index (χ0v) is 22.9. The van der Waals surface area contributed by atoms with E-state index in [4.69, 9.17) is 9.72 Å². The van der Waals surface area contributed by atoms with Gasteiger partial charge in [-0.05, 0) is 41.7 Å². The monoisotopic (exact) mass is 541 g/mol. The molecule has 6 heteroatoms. The predicted octanol–water partition coefficient (Wildman–Crippen LogP) is 5.95. The summed E-state index contributed by atoms with van der Waals surface area (Å²) in [5, 5.41) is 0. The van der Waals surface area contributed by atoms with E-state index < -0.39 is 11.5 Å². The van der Waals surface area contributed by atoms with E-state index in [1.54, 1.807) is 11.8 Å². The number of benzene rings is 4. The van der Waals surface area contributed by atoms with Crippen molar-refractivity contribution in [3.05, 3.63) is 150 Å². The van der Waals surface area contributed by atoms with Crippen LogP contribution in [0.5, 0.6) is 0 Å². The van der Waals surface area contributed by atoms with Crippen LogP contribution in [0.25, 0.3) is 11.3 Å². The van der Waals surface area contributed by atoms with Crippen molar-refractivity contribution in [2.45, 2.75) is 18.9 Å². The highest BCUT2D eigenvalue weighted by Crippen LogP contribution is 2.41. The molecule has 1 aliphatic heterocycles. The smallest absolute Gasteiger partial charge is 0.325 e. The first kappa shape index (κ1) is 26.3. The number of carbonyl (C=O) groups excluding carboxylic acids is 2. The third-order valence-corrected chi connectivity index (χ3v) is 7.74. The zero-order chi connectivity index (χ0) is 28.2. The topological polar surface area (TPSA) is 64.4 Å². The highest BCUT2D eigenvalue weighted by Gasteiger charge is 2.38. The quantitative estimate of drug-likeness (QED) is 0.180. The minimum Gasteiger partial charge on any atom is -0.465 e. The van der Waals surface area contributed by atoms with Gasteiger partial charge in [-0.25, -0.2) is 4.98 Å². The summed E-state index contributed by atoms with van der Waals surface area (Å²) in [5.41, 5.74) is 5.84.